The lowest BCUT2D eigenvalue weighted by Crippen LogP contribution is -2.24. The molecule has 0 unspecified atom stereocenters. The highest BCUT2D eigenvalue weighted by atomic mass is 16.3. The van der Waals surface area contributed by atoms with Gasteiger partial charge >= 0.3 is 0 Å². The maximum atomic E-state index is 11.5. The monoisotopic (exact) mass is 181 g/mol. The first-order valence-corrected chi connectivity index (χ1v) is 4.49. The quantitative estimate of drug-likeness (QED) is 0.775. The molecular weight excluding hydrogens is 166 g/mol. The first-order chi connectivity index (χ1) is 6.16. The fraction of sp³-hybridized carbons (Fsp3) is 0.500. The maximum absolute atomic E-state index is 11.5. The van der Waals surface area contributed by atoms with E-state index in [-0.39, 0.29) is 5.91 Å². The highest BCUT2D eigenvalue weighted by Crippen LogP contribution is 2.14. The van der Waals surface area contributed by atoms with Crippen molar-refractivity contribution in [3.05, 3.63) is 23.2 Å². The Kier molecular flexibility index (Phi) is 3.12. The van der Waals surface area contributed by atoms with Crippen molar-refractivity contribution in [3.63, 3.8) is 0 Å². The van der Waals surface area contributed by atoms with Gasteiger partial charge in [-0.25, -0.2) is 0 Å². The summed E-state index contributed by atoms with van der Waals surface area (Å²) in [5.41, 5.74) is 1.57. The summed E-state index contributed by atoms with van der Waals surface area (Å²) >= 11 is 0. The van der Waals surface area contributed by atoms with Crippen LogP contribution >= 0.6 is 0 Å². The first-order valence-electron chi connectivity index (χ1n) is 4.49. The summed E-state index contributed by atoms with van der Waals surface area (Å²) in [6.45, 7) is 6.41. The number of furan rings is 1. The van der Waals surface area contributed by atoms with E-state index in [1.165, 1.54) is 0 Å². The molecule has 1 aromatic heterocycles. The molecule has 0 spiro atoms. The van der Waals surface area contributed by atoms with E-state index in [1.54, 1.807) is 13.2 Å². The molecule has 1 aromatic rings. The van der Waals surface area contributed by atoms with Crippen LogP contribution in [-0.4, -0.2) is 12.5 Å². The second-order valence-electron chi connectivity index (χ2n) is 3.11. The lowest BCUT2D eigenvalue weighted by Gasteiger charge is -2.02. The van der Waals surface area contributed by atoms with Gasteiger partial charge in [0.05, 0.1) is 11.8 Å². The Hall–Kier alpha value is -1.25. The summed E-state index contributed by atoms with van der Waals surface area (Å²) in [6.07, 6.45) is 2.55. The van der Waals surface area contributed by atoms with E-state index in [1.807, 2.05) is 13.8 Å². The van der Waals surface area contributed by atoms with Gasteiger partial charge in [-0.2, -0.15) is 0 Å². The van der Waals surface area contributed by atoms with Crippen LogP contribution in [0.15, 0.2) is 10.7 Å². The molecule has 3 nitrogen and oxygen atoms in total. The number of aryl methyl sites for hydroxylation is 2. The molecule has 0 aliphatic rings. The summed E-state index contributed by atoms with van der Waals surface area (Å²) in [6, 6.07) is 0. The lowest BCUT2D eigenvalue weighted by molar-refractivity contribution is 0.0951. The summed E-state index contributed by atoms with van der Waals surface area (Å²) in [7, 11) is 0. The molecule has 0 saturated heterocycles. The molecule has 0 atom stereocenters. The van der Waals surface area contributed by atoms with Crippen LogP contribution in [0.3, 0.4) is 0 Å². The molecule has 0 aliphatic heterocycles. The molecule has 0 bridgehead atoms. The Labute approximate surface area is 78.1 Å². The number of carbonyl (C=O) groups excluding carboxylic acids is 1. The molecule has 1 N–H and O–H groups in total. The first kappa shape index (κ1) is 9.84. The van der Waals surface area contributed by atoms with Gasteiger partial charge in [-0.05, 0) is 20.3 Å². The maximum Gasteiger partial charge on any atom is 0.255 e. The number of rotatable bonds is 3. The Morgan fingerprint density at radius 1 is 1.54 bits per heavy atom. The zero-order valence-electron chi connectivity index (χ0n) is 8.31. The Morgan fingerprint density at radius 3 is 2.69 bits per heavy atom. The second kappa shape index (κ2) is 4.12. The van der Waals surface area contributed by atoms with Gasteiger partial charge in [-0.1, -0.05) is 6.92 Å². The van der Waals surface area contributed by atoms with E-state index in [9.17, 15) is 4.79 Å². The molecule has 72 valence electrons. The average molecular weight is 181 g/mol. The smallest absolute Gasteiger partial charge is 0.255 e. The van der Waals surface area contributed by atoms with Crippen molar-refractivity contribution in [3.8, 4) is 0 Å². The molecular formula is C10H15NO2. The number of hydrogen-bond acceptors (Lipinski definition) is 2. The van der Waals surface area contributed by atoms with E-state index in [0.717, 1.165) is 12.0 Å². The van der Waals surface area contributed by atoms with Crippen molar-refractivity contribution in [2.75, 3.05) is 6.54 Å². The van der Waals surface area contributed by atoms with Gasteiger partial charge in [0, 0.05) is 12.1 Å². The van der Waals surface area contributed by atoms with Crippen molar-refractivity contribution in [2.45, 2.75) is 27.2 Å². The number of nitrogens with one attached hydrogen (secondary N) is 1. The van der Waals surface area contributed by atoms with Crippen LogP contribution in [0.2, 0.25) is 0 Å². The molecule has 0 saturated carbocycles. The Bertz CT molecular complexity index is 282. The van der Waals surface area contributed by atoms with Crippen molar-refractivity contribution in [1.82, 2.24) is 5.32 Å². The van der Waals surface area contributed by atoms with Crippen molar-refractivity contribution in [1.29, 1.82) is 0 Å². The average Bonchev–Trinajstić information content (AvgIpc) is 2.42. The standard InChI is InChI=1S/C10H15NO2/c1-4-5-11-10(12)9-7(2)6-13-8(9)3/h6H,4-5H2,1-3H3,(H,11,12). The third-order valence-corrected chi connectivity index (χ3v) is 1.92. The van der Waals surface area contributed by atoms with Crippen LogP contribution in [0.4, 0.5) is 0 Å². The van der Waals surface area contributed by atoms with Crippen LogP contribution in [-0.2, 0) is 0 Å². The second-order valence-corrected chi connectivity index (χ2v) is 3.11. The highest BCUT2D eigenvalue weighted by Gasteiger charge is 2.14. The third kappa shape index (κ3) is 2.11. The van der Waals surface area contributed by atoms with E-state index >= 15 is 0 Å². The molecule has 1 heterocycles. The van der Waals surface area contributed by atoms with Gasteiger partial charge in [0.15, 0.2) is 0 Å². The SMILES string of the molecule is CCCNC(=O)c1c(C)coc1C. The van der Waals surface area contributed by atoms with Crippen LogP contribution in [0.25, 0.3) is 0 Å². The highest BCUT2D eigenvalue weighted by molar-refractivity contribution is 5.96. The summed E-state index contributed by atoms with van der Waals surface area (Å²) in [4.78, 5) is 11.5. The summed E-state index contributed by atoms with van der Waals surface area (Å²) < 4.78 is 5.14. The molecule has 0 radical (unpaired) electrons. The van der Waals surface area contributed by atoms with Gasteiger partial charge in [0.1, 0.15) is 5.76 Å². The minimum absolute atomic E-state index is 0.0365. The molecule has 0 aromatic carbocycles. The minimum atomic E-state index is -0.0365. The summed E-state index contributed by atoms with van der Waals surface area (Å²) in [5, 5.41) is 2.82. The molecule has 1 rings (SSSR count). The van der Waals surface area contributed by atoms with Crippen LogP contribution < -0.4 is 5.32 Å². The van der Waals surface area contributed by atoms with Gasteiger partial charge in [0.2, 0.25) is 0 Å². The number of carbonyl (C=O) groups is 1. The zero-order chi connectivity index (χ0) is 9.84. The van der Waals surface area contributed by atoms with Gasteiger partial charge < -0.3 is 9.73 Å². The van der Waals surface area contributed by atoms with Crippen molar-refractivity contribution < 1.29 is 9.21 Å². The number of hydrogen-bond donors (Lipinski definition) is 1. The molecule has 3 heteroatoms. The fourth-order valence-electron chi connectivity index (χ4n) is 1.24. The predicted octanol–water partition coefficient (Wildman–Crippen LogP) is 2.04. The molecule has 13 heavy (non-hydrogen) atoms. The van der Waals surface area contributed by atoms with Crippen LogP contribution in [0.5, 0.6) is 0 Å². The van der Waals surface area contributed by atoms with E-state index < -0.39 is 0 Å². The van der Waals surface area contributed by atoms with Gasteiger partial charge in [-0.3, -0.25) is 4.79 Å². The summed E-state index contributed by atoms with van der Waals surface area (Å²) in [5.74, 6) is 0.650. The van der Waals surface area contributed by atoms with Gasteiger partial charge in [0.25, 0.3) is 5.91 Å². The predicted molar refractivity (Wildman–Crippen MR) is 50.8 cm³/mol. The van der Waals surface area contributed by atoms with E-state index in [0.29, 0.717) is 17.9 Å². The van der Waals surface area contributed by atoms with E-state index in [4.69, 9.17) is 4.42 Å². The molecule has 0 fully saturated rings. The third-order valence-electron chi connectivity index (χ3n) is 1.92. The fourth-order valence-corrected chi connectivity index (χ4v) is 1.24. The van der Waals surface area contributed by atoms with Crippen molar-refractivity contribution in [2.24, 2.45) is 0 Å². The molecule has 1 amide bonds. The Balaban J connectivity index is 2.76. The topological polar surface area (TPSA) is 42.2 Å². The van der Waals surface area contributed by atoms with E-state index in [2.05, 4.69) is 5.32 Å². The van der Waals surface area contributed by atoms with Gasteiger partial charge in [-0.15, -0.1) is 0 Å². The van der Waals surface area contributed by atoms with Crippen LogP contribution in [0, 0.1) is 13.8 Å². The minimum Gasteiger partial charge on any atom is -0.469 e. The zero-order valence-corrected chi connectivity index (χ0v) is 8.31. The Morgan fingerprint density at radius 2 is 2.23 bits per heavy atom. The molecule has 0 aliphatic carbocycles. The largest absolute Gasteiger partial charge is 0.469 e. The normalized spacial score (nSPS) is 10.1. The van der Waals surface area contributed by atoms with Crippen molar-refractivity contribution >= 4 is 5.91 Å². The number of amides is 1. The lowest BCUT2D eigenvalue weighted by atomic mass is 10.1. The van der Waals surface area contributed by atoms with Crippen LogP contribution in [0.1, 0.15) is 35.0 Å².